The molecule has 0 atom stereocenters. The number of rotatable bonds is 4. The Balaban J connectivity index is 2.25. The van der Waals surface area contributed by atoms with Crippen LogP contribution < -0.4 is 0 Å². The van der Waals surface area contributed by atoms with Crippen molar-refractivity contribution < 1.29 is 0 Å². The molecule has 0 fully saturated rings. The van der Waals surface area contributed by atoms with E-state index in [-0.39, 0.29) is 0 Å². The standard InChI is InChI=1S/C14H17N3S/c1-10(2)9-18-14-16-15-13(17(14)4)12-7-5-11(3)6-8-12/h5-8H,1,9H2,2-4H3. The van der Waals surface area contributed by atoms with E-state index in [9.17, 15) is 0 Å². The largest absolute Gasteiger partial charge is 0.305 e. The minimum absolute atomic E-state index is 0.875. The third kappa shape index (κ3) is 2.82. The fourth-order valence-electron chi connectivity index (χ4n) is 1.58. The molecule has 0 unspecified atom stereocenters. The number of hydrogen-bond acceptors (Lipinski definition) is 3. The van der Waals surface area contributed by atoms with Gasteiger partial charge in [-0.1, -0.05) is 53.7 Å². The van der Waals surface area contributed by atoms with E-state index in [1.54, 1.807) is 11.8 Å². The number of thioether (sulfide) groups is 1. The molecule has 1 aromatic carbocycles. The molecule has 1 heterocycles. The zero-order chi connectivity index (χ0) is 13.1. The maximum absolute atomic E-state index is 4.26. The van der Waals surface area contributed by atoms with Crippen LogP contribution in [-0.2, 0) is 7.05 Å². The van der Waals surface area contributed by atoms with E-state index in [0.29, 0.717) is 0 Å². The van der Waals surface area contributed by atoms with Gasteiger partial charge in [0.2, 0.25) is 0 Å². The van der Waals surface area contributed by atoms with Crippen molar-refractivity contribution in [3.8, 4) is 11.4 Å². The first kappa shape index (κ1) is 12.9. The molecule has 3 nitrogen and oxygen atoms in total. The molecule has 0 aliphatic heterocycles. The fourth-order valence-corrected chi connectivity index (χ4v) is 2.34. The highest BCUT2D eigenvalue weighted by atomic mass is 32.2. The van der Waals surface area contributed by atoms with Crippen LogP contribution in [0.1, 0.15) is 12.5 Å². The summed E-state index contributed by atoms with van der Waals surface area (Å²) in [5.74, 6) is 1.78. The molecular formula is C14H17N3S. The van der Waals surface area contributed by atoms with Crippen molar-refractivity contribution in [2.75, 3.05) is 5.75 Å². The Hall–Kier alpha value is -1.55. The van der Waals surface area contributed by atoms with Gasteiger partial charge in [-0.05, 0) is 13.8 Å². The highest BCUT2D eigenvalue weighted by Gasteiger charge is 2.10. The van der Waals surface area contributed by atoms with Crippen LogP contribution in [0.4, 0.5) is 0 Å². The van der Waals surface area contributed by atoms with E-state index in [2.05, 4.69) is 48.0 Å². The van der Waals surface area contributed by atoms with Crippen molar-refractivity contribution in [2.45, 2.75) is 19.0 Å². The molecule has 1 aromatic heterocycles. The summed E-state index contributed by atoms with van der Waals surface area (Å²) in [4.78, 5) is 0. The van der Waals surface area contributed by atoms with Gasteiger partial charge in [0.25, 0.3) is 0 Å². The van der Waals surface area contributed by atoms with Gasteiger partial charge in [0.05, 0.1) is 0 Å². The molecule has 0 saturated heterocycles. The number of hydrogen-bond donors (Lipinski definition) is 0. The Bertz CT molecular complexity index is 555. The molecule has 0 radical (unpaired) electrons. The van der Waals surface area contributed by atoms with Gasteiger partial charge in [0.15, 0.2) is 11.0 Å². The van der Waals surface area contributed by atoms with E-state index in [0.717, 1.165) is 27.9 Å². The van der Waals surface area contributed by atoms with Crippen LogP contribution in [0.15, 0.2) is 41.6 Å². The number of nitrogens with zero attached hydrogens (tertiary/aromatic N) is 3. The van der Waals surface area contributed by atoms with Crippen molar-refractivity contribution in [2.24, 2.45) is 7.05 Å². The summed E-state index contributed by atoms with van der Waals surface area (Å²) in [6, 6.07) is 8.33. The summed E-state index contributed by atoms with van der Waals surface area (Å²) in [6.45, 7) is 7.99. The zero-order valence-corrected chi connectivity index (χ0v) is 11.8. The SMILES string of the molecule is C=C(C)CSc1nnc(-c2ccc(C)cc2)n1C. The van der Waals surface area contributed by atoms with Gasteiger partial charge in [-0.15, -0.1) is 10.2 Å². The first-order valence-electron chi connectivity index (χ1n) is 5.81. The Morgan fingerprint density at radius 2 is 1.94 bits per heavy atom. The van der Waals surface area contributed by atoms with Crippen LogP contribution in [-0.4, -0.2) is 20.5 Å². The third-order valence-electron chi connectivity index (χ3n) is 2.59. The van der Waals surface area contributed by atoms with Crippen LogP contribution >= 0.6 is 11.8 Å². The monoisotopic (exact) mass is 259 g/mol. The molecule has 0 saturated carbocycles. The summed E-state index contributed by atoms with van der Waals surface area (Å²) >= 11 is 1.66. The summed E-state index contributed by atoms with van der Waals surface area (Å²) in [7, 11) is 2.00. The summed E-state index contributed by atoms with van der Waals surface area (Å²) in [5.41, 5.74) is 3.48. The lowest BCUT2D eigenvalue weighted by atomic mass is 10.1. The summed E-state index contributed by atoms with van der Waals surface area (Å²) in [6.07, 6.45) is 0. The van der Waals surface area contributed by atoms with Crippen molar-refractivity contribution in [3.63, 3.8) is 0 Å². The van der Waals surface area contributed by atoms with Crippen LogP contribution in [0.25, 0.3) is 11.4 Å². The van der Waals surface area contributed by atoms with E-state index in [1.807, 2.05) is 18.5 Å². The normalized spacial score (nSPS) is 10.6. The second-order valence-electron chi connectivity index (χ2n) is 4.48. The summed E-state index contributed by atoms with van der Waals surface area (Å²) in [5, 5.41) is 9.40. The lowest BCUT2D eigenvalue weighted by Gasteiger charge is -2.04. The second-order valence-corrected chi connectivity index (χ2v) is 5.42. The van der Waals surface area contributed by atoms with Gasteiger partial charge in [0, 0.05) is 18.4 Å². The lowest BCUT2D eigenvalue weighted by Crippen LogP contribution is -1.95. The topological polar surface area (TPSA) is 30.7 Å². The minimum atomic E-state index is 0.875. The van der Waals surface area contributed by atoms with Crippen LogP contribution in [0.2, 0.25) is 0 Å². The molecule has 2 rings (SSSR count). The predicted octanol–water partition coefficient (Wildman–Crippen LogP) is 3.46. The van der Waals surface area contributed by atoms with Gasteiger partial charge in [-0.2, -0.15) is 0 Å². The maximum Gasteiger partial charge on any atom is 0.191 e. The number of benzene rings is 1. The minimum Gasteiger partial charge on any atom is -0.305 e. The van der Waals surface area contributed by atoms with E-state index >= 15 is 0 Å². The maximum atomic E-state index is 4.26. The van der Waals surface area contributed by atoms with E-state index in [1.165, 1.54) is 5.56 Å². The second kappa shape index (κ2) is 5.40. The van der Waals surface area contributed by atoms with Gasteiger partial charge < -0.3 is 4.57 Å². The lowest BCUT2D eigenvalue weighted by molar-refractivity contribution is 0.794. The predicted molar refractivity (Wildman–Crippen MR) is 76.7 cm³/mol. The first-order valence-corrected chi connectivity index (χ1v) is 6.80. The molecule has 0 spiro atoms. The number of aryl methyl sites for hydroxylation is 1. The molecule has 4 heteroatoms. The van der Waals surface area contributed by atoms with Crippen LogP contribution in [0.5, 0.6) is 0 Å². The molecule has 0 N–H and O–H groups in total. The Morgan fingerprint density at radius 3 is 2.56 bits per heavy atom. The van der Waals surface area contributed by atoms with Crippen molar-refractivity contribution >= 4 is 11.8 Å². The number of aromatic nitrogens is 3. The molecular weight excluding hydrogens is 242 g/mol. The average molecular weight is 259 g/mol. The quantitative estimate of drug-likeness (QED) is 0.622. The van der Waals surface area contributed by atoms with Gasteiger partial charge in [0.1, 0.15) is 0 Å². The van der Waals surface area contributed by atoms with Crippen molar-refractivity contribution in [1.29, 1.82) is 0 Å². The third-order valence-corrected chi connectivity index (χ3v) is 3.84. The highest BCUT2D eigenvalue weighted by molar-refractivity contribution is 7.99. The van der Waals surface area contributed by atoms with E-state index in [4.69, 9.17) is 0 Å². The van der Waals surface area contributed by atoms with Crippen molar-refractivity contribution in [3.05, 3.63) is 42.0 Å². The fraction of sp³-hybridized carbons (Fsp3) is 0.286. The summed E-state index contributed by atoms with van der Waals surface area (Å²) < 4.78 is 2.03. The molecule has 0 amide bonds. The first-order chi connectivity index (χ1) is 8.58. The highest BCUT2D eigenvalue weighted by Crippen LogP contribution is 2.23. The molecule has 0 aliphatic rings. The van der Waals surface area contributed by atoms with Crippen LogP contribution in [0, 0.1) is 6.92 Å². The van der Waals surface area contributed by atoms with Crippen LogP contribution in [0.3, 0.4) is 0 Å². The molecule has 2 aromatic rings. The molecule has 18 heavy (non-hydrogen) atoms. The van der Waals surface area contributed by atoms with Crippen molar-refractivity contribution in [1.82, 2.24) is 14.8 Å². The average Bonchev–Trinajstić information content (AvgIpc) is 2.69. The Morgan fingerprint density at radius 1 is 1.28 bits per heavy atom. The molecule has 0 bridgehead atoms. The van der Waals surface area contributed by atoms with Gasteiger partial charge >= 0.3 is 0 Å². The van der Waals surface area contributed by atoms with E-state index < -0.39 is 0 Å². The van der Waals surface area contributed by atoms with Gasteiger partial charge in [-0.3, -0.25) is 0 Å². The molecule has 0 aliphatic carbocycles. The Kier molecular flexibility index (Phi) is 3.87. The zero-order valence-electron chi connectivity index (χ0n) is 11.0. The smallest absolute Gasteiger partial charge is 0.191 e. The Labute approximate surface area is 112 Å². The van der Waals surface area contributed by atoms with Gasteiger partial charge in [-0.25, -0.2) is 0 Å². The molecule has 94 valence electrons.